The van der Waals surface area contributed by atoms with Gasteiger partial charge < -0.3 is 4.74 Å². The first-order valence-corrected chi connectivity index (χ1v) is 7.78. The van der Waals surface area contributed by atoms with Crippen LogP contribution in [0.1, 0.15) is 11.1 Å². The van der Waals surface area contributed by atoms with Crippen LogP contribution in [0, 0.1) is 12.7 Å². The van der Waals surface area contributed by atoms with Gasteiger partial charge in [-0.15, -0.1) is 0 Å². The highest BCUT2D eigenvalue weighted by Gasteiger charge is 2.04. The van der Waals surface area contributed by atoms with E-state index in [9.17, 15) is 9.18 Å². The van der Waals surface area contributed by atoms with E-state index < -0.39 is 11.7 Å². The summed E-state index contributed by atoms with van der Waals surface area (Å²) in [5.74, 6) is -0.360. The third-order valence-electron chi connectivity index (χ3n) is 2.85. The van der Waals surface area contributed by atoms with Crippen molar-refractivity contribution in [3.8, 4) is 5.75 Å². The molecular weight excluding hydrogens is 387 g/mol. The molecule has 0 aliphatic rings. The number of nitrogens with zero attached hydrogens (tertiary/aromatic N) is 1. The second kappa shape index (κ2) is 8.08. The Morgan fingerprint density at radius 1 is 1.39 bits per heavy atom. The molecule has 23 heavy (non-hydrogen) atoms. The zero-order valence-corrected chi connectivity index (χ0v) is 14.5. The van der Waals surface area contributed by atoms with E-state index in [0.717, 1.165) is 5.56 Å². The largest absolute Gasteiger partial charge is 0.484 e. The molecule has 0 aromatic heterocycles. The van der Waals surface area contributed by atoms with Crippen LogP contribution >= 0.6 is 27.5 Å². The molecule has 0 atom stereocenters. The fourth-order valence-corrected chi connectivity index (χ4v) is 2.12. The Labute approximate surface area is 146 Å². The number of hydrazone groups is 1. The molecule has 0 radical (unpaired) electrons. The lowest BCUT2D eigenvalue weighted by Crippen LogP contribution is -2.24. The Balaban J connectivity index is 1.85. The second-order valence-corrected chi connectivity index (χ2v) is 5.98. The molecule has 0 bridgehead atoms. The molecular formula is C16H13BrClFN2O2. The zero-order valence-electron chi connectivity index (χ0n) is 12.1. The summed E-state index contributed by atoms with van der Waals surface area (Å²) in [6.07, 6.45) is 1.23. The van der Waals surface area contributed by atoms with Crippen molar-refractivity contribution in [1.82, 2.24) is 5.43 Å². The maximum absolute atomic E-state index is 13.5. The van der Waals surface area contributed by atoms with Gasteiger partial charge in [-0.2, -0.15) is 5.10 Å². The molecule has 0 aliphatic heterocycles. The molecule has 2 aromatic rings. The second-order valence-electron chi connectivity index (χ2n) is 4.66. The summed E-state index contributed by atoms with van der Waals surface area (Å²) >= 11 is 9.07. The van der Waals surface area contributed by atoms with Crippen molar-refractivity contribution >= 4 is 39.7 Å². The number of carbonyl (C=O) groups excluding carboxylic acids is 1. The number of amides is 1. The van der Waals surface area contributed by atoms with Crippen LogP contribution in [0.25, 0.3) is 0 Å². The molecule has 1 amide bonds. The van der Waals surface area contributed by atoms with Gasteiger partial charge in [0.15, 0.2) is 6.61 Å². The van der Waals surface area contributed by atoms with E-state index in [2.05, 4.69) is 26.5 Å². The highest BCUT2D eigenvalue weighted by Crippen LogP contribution is 2.20. The summed E-state index contributed by atoms with van der Waals surface area (Å²) in [5.41, 5.74) is 3.39. The van der Waals surface area contributed by atoms with Crippen molar-refractivity contribution < 1.29 is 13.9 Å². The standard InChI is InChI=1S/C16H13BrClFN2O2/c1-10-6-13(4-5-14(10)18)23-9-16(22)21-20-8-11-2-3-12(17)7-15(11)19/h2-8H,9H2,1H3,(H,21,22)/b20-8-. The molecule has 0 saturated carbocycles. The van der Waals surface area contributed by atoms with Crippen molar-refractivity contribution in [2.24, 2.45) is 5.10 Å². The molecule has 0 aliphatic carbocycles. The van der Waals surface area contributed by atoms with Crippen molar-refractivity contribution in [1.29, 1.82) is 0 Å². The minimum atomic E-state index is -0.452. The number of hydrogen-bond donors (Lipinski definition) is 1. The van der Waals surface area contributed by atoms with Crippen LogP contribution in [-0.2, 0) is 4.79 Å². The highest BCUT2D eigenvalue weighted by molar-refractivity contribution is 9.10. The van der Waals surface area contributed by atoms with E-state index in [1.807, 2.05) is 6.92 Å². The number of carbonyl (C=O) groups is 1. The van der Waals surface area contributed by atoms with E-state index in [1.165, 1.54) is 12.3 Å². The topological polar surface area (TPSA) is 50.7 Å². The number of benzene rings is 2. The first kappa shape index (κ1) is 17.4. The van der Waals surface area contributed by atoms with Crippen LogP contribution in [0.5, 0.6) is 5.75 Å². The fourth-order valence-electron chi connectivity index (χ4n) is 1.67. The fraction of sp³-hybridized carbons (Fsp3) is 0.125. The van der Waals surface area contributed by atoms with Crippen LogP contribution in [-0.4, -0.2) is 18.7 Å². The van der Waals surface area contributed by atoms with Crippen molar-refractivity contribution in [3.63, 3.8) is 0 Å². The highest BCUT2D eigenvalue weighted by atomic mass is 79.9. The first-order valence-electron chi connectivity index (χ1n) is 6.61. The lowest BCUT2D eigenvalue weighted by Gasteiger charge is -2.06. The molecule has 120 valence electrons. The van der Waals surface area contributed by atoms with Crippen molar-refractivity contribution in [2.45, 2.75) is 6.92 Å². The summed E-state index contributed by atoms with van der Waals surface area (Å²) in [6, 6.07) is 9.63. The molecule has 0 heterocycles. The molecule has 7 heteroatoms. The minimum Gasteiger partial charge on any atom is -0.484 e. The monoisotopic (exact) mass is 398 g/mol. The Hall–Kier alpha value is -1.92. The van der Waals surface area contributed by atoms with Gasteiger partial charge in [-0.05, 0) is 48.9 Å². The lowest BCUT2D eigenvalue weighted by molar-refractivity contribution is -0.123. The zero-order chi connectivity index (χ0) is 16.8. The van der Waals surface area contributed by atoms with E-state index in [0.29, 0.717) is 15.2 Å². The van der Waals surface area contributed by atoms with Crippen LogP contribution in [0.3, 0.4) is 0 Å². The van der Waals surface area contributed by atoms with Gasteiger partial charge in [0.05, 0.1) is 6.21 Å². The van der Waals surface area contributed by atoms with Gasteiger partial charge in [-0.25, -0.2) is 9.82 Å². The van der Waals surface area contributed by atoms with Gasteiger partial charge >= 0.3 is 0 Å². The lowest BCUT2D eigenvalue weighted by atomic mass is 10.2. The predicted octanol–water partition coefficient (Wildman–Crippen LogP) is 4.08. The van der Waals surface area contributed by atoms with Gasteiger partial charge in [0.2, 0.25) is 0 Å². The summed E-state index contributed by atoms with van der Waals surface area (Å²) in [4.78, 5) is 11.6. The predicted molar refractivity (Wildman–Crippen MR) is 91.5 cm³/mol. The molecule has 2 aromatic carbocycles. The molecule has 0 saturated heterocycles. The molecule has 0 unspecified atom stereocenters. The normalized spacial score (nSPS) is 10.8. The van der Waals surface area contributed by atoms with Crippen LogP contribution < -0.4 is 10.2 Å². The van der Waals surface area contributed by atoms with Crippen molar-refractivity contribution in [3.05, 3.63) is 62.8 Å². The maximum atomic E-state index is 13.5. The molecule has 2 rings (SSSR count). The molecule has 1 N–H and O–H groups in total. The first-order chi connectivity index (χ1) is 11.0. The average Bonchev–Trinajstić information content (AvgIpc) is 2.50. The van der Waals surface area contributed by atoms with Gasteiger partial charge in [-0.3, -0.25) is 4.79 Å². The Bertz CT molecular complexity index is 753. The number of rotatable bonds is 5. The van der Waals surface area contributed by atoms with Gasteiger partial charge in [-0.1, -0.05) is 27.5 Å². The Morgan fingerprint density at radius 3 is 2.87 bits per heavy atom. The Morgan fingerprint density at radius 2 is 2.17 bits per heavy atom. The number of nitrogens with one attached hydrogen (secondary N) is 1. The summed E-state index contributed by atoms with van der Waals surface area (Å²) in [5, 5.41) is 4.32. The number of halogens is 3. The van der Waals surface area contributed by atoms with Gasteiger partial charge in [0, 0.05) is 15.1 Å². The van der Waals surface area contributed by atoms with E-state index >= 15 is 0 Å². The van der Waals surface area contributed by atoms with E-state index in [-0.39, 0.29) is 12.2 Å². The quantitative estimate of drug-likeness (QED) is 0.608. The average molecular weight is 400 g/mol. The summed E-state index contributed by atoms with van der Waals surface area (Å²) in [7, 11) is 0. The maximum Gasteiger partial charge on any atom is 0.277 e. The van der Waals surface area contributed by atoms with E-state index in [4.69, 9.17) is 16.3 Å². The van der Waals surface area contributed by atoms with Crippen molar-refractivity contribution in [2.75, 3.05) is 6.61 Å². The molecule has 4 nitrogen and oxygen atoms in total. The van der Waals surface area contributed by atoms with Gasteiger partial charge in [0.25, 0.3) is 5.91 Å². The number of hydrogen-bond acceptors (Lipinski definition) is 3. The molecule has 0 fully saturated rings. The van der Waals surface area contributed by atoms with E-state index in [1.54, 1.807) is 30.3 Å². The van der Waals surface area contributed by atoms with Crippen LogP contribution in [0.15, 0.2) is 46.0 Å². The SMILES string of the molecule is Cc1cc(OCC(=O)N/N=C\c2ccc(Br)cc2F)ccc1Cl. The Kier molecular flexibility index (Phi) is 6.12. The van der Waals surface area contributed by atoms with Crippen LogP contribution in [0.4, 0.5) is 4.39 Å². The van der Waals surface area contributed by atoms with Gasteiger partial charge in [0.1, 0.15) is 11.6 Å². The third-order valence-corrected chi connectivity index (χ3v) is 3.77. The third kappa shape index (κ3) is 5.33. The number of ether oxygens (including phenoxy) is 1. The van der Waals surface area contributed by atoms with Crippen LogP contribution in [0.2, 0.25) is 5.02 Å². The summed E-state index contributed by atoms with van der Waals surface area (Å²) < 4.78 is 19.5. The minimum absolute atomic E-state index is 0.207. The smallest absolute Gasteiger partial charge is 0.277 e. The number of aryl methyl sites for hydroxylation is 1. The summed E-state index contributed by atoms with van der Waals surface area (Å²) in [6.45, 7) is 1.63. The molecule has 0 spiro atoms.